The summed E-state index contributed by atoms with van der Waals surface area (Å²) in [7, 11) is 0. The zero-order valence-corrected chi connectivity index (χ0v) is 15.1. The van der Waals surface area contributed by atoms with Gasteiger partial charge in [0.2, 0.25) is 5.91 Å². The Kier molecular flexibility index (Phi) is 5.98. The average Bonchev–Trinajstić information content (AvgIpc) is 2.56. The molecule has 6 nitrogen and oxygen atoms in total. The molecule has 0 aliphatic rings. The van der Waals surface area contributed by atoms with Crippen molar-refractivity contribution in [2.24, 2.45) is 5.92 Å². The number of carbonyl (C=O) groups is 2. The first-order chi connectivity index (χ1) is 11.8. The van der Waals surface area contributed by atoms with Gasteiger partial charge in [0, 0.05) is 36.0 Å². The Hall–Kier alpha value is -2.60. The summed E-state index contributed by atoms with van der Waals surface area (Å²) in [4.78, 5) is 35.8. The second-order valence-corrected chi connectivity index (χ2v) is 6.24. The summed E-state index contributed by atoms with van der Waals surface area (Å²) < 4.78 is 1.50. The van der Waals surface area contributed by atoms with E-state index in [1.807, 2.05) is 6.92 Å². The standard InChI is InChI=1S/C18H20ClN3O3/c1-4-22-8-7-12(9-16(22)23)18(25)20-13-5-6-15(14(19)10-13)21-17(24)11(2)3/h5-11H,4H2,1-3H3,(H,20,25)(H,21,24). The van der Waals surface area contributed by atoms with Crippen molar-refractivity contribution in [2.75, 3.05) is 10.6 Å². The van der Waals surface area contributed by atoms with Crippen molar-refractivity contribution < 1.29 is 9.59 Å². The molecule has 2 aromatic rings. The molecular formula is C18H20ClN3O3. The fourth-order valence-electron chi connectivity index (χ4n) is 2.08. The maximum absolute atomic E-state index is 12.3. The number of benzene rings is 1. The highest BCUT2D eigenvalue weighted by Crippen LogP contribution is 2.26. The van der Waals surface area contributed by atoms with Crippen molar-refractivity contribution in [3.05, 3.63) is 57.5 Å². The number of aryl methyl sites for hydroxylation is 1. The molecule has 1 heterocycles. The lowest BCUT2D eigenvalue weighted by atomic mass is 10.2. The fraction of sp³-hybridized carbons (Fsp3) is 0.278. The summed E-state index contributed by atoms with van der Waals surface area (Å²) in [5.41, 5.74) is 0.976. The lowest BCUT2D eigenvalue weighted by Crippen LogP contribution is -2.21. The molecule has 0 atom stereocenters. The Morgan fingerprint density at radius 2 is 1.88 bits per heavy atom. The van der Waals surface area contributed by atoms with Crippen molar-refractivity contribution in [2.45, 2.75) is 27.3 Å². The van der Waals surface area contributed by atoms with Gasteiger partial charge >= 0.3 is 0 Å². The van der Waals surface area contributed by atoms with Crippen molar-refractivity contribution >= 4 is 34.8 Å². The van der Waals surface area contributed by atoms with E-state index < -0.39 is 5.91 Å². The van der Waals surface area contributed by atoms with Gasteiger partial charge in [-0.15, -0.1) is 0 Å². The molecule has 2 rings (SSSR count). The molecular weight excluding hydrogens is 342 g/mol. The van der Waals surface area contributed by atoms with Gasteiger partial charge in [0.25, 0.3) is 11.5 Å². The van der Waals surface area contributed by atoms with E-state index in [1.165, 1.54) is 10.6 Å². The number of halogens is 1. The molecule has 0 spiro atoms. The van der Waals surface area contributed by atoms with Gasteiger partial charge in [0.05, 0.1) is 10.7 Å². The van der Waals surface area contributed by atoms with Crippen LogP contribution in [0.5, 0.6) is 0 Å². The van der Waals surface area contributed by atoms with Crippen LogP contribution in [-0.4, -0.2) is 16.4 Å². The van der Waals surface area contributed by atoms with Crippen molar-refractivity contribution in [1.29, 1.82) is 0 Å². The highest BCUT2D eigenvalue weighted by atomic mass is 35.5. The first-order valence-electron chi connectivity index (χ1n) is 7.94. The van der Waals surface area contributed by atoms with Crippen molar-refractivity contribution in [3.63, 3.8) is 0 Å². The number of carbonyl (C=O) groups excluding carboxylic acids is 2. The van der Waals surface area contributed by atoms with E-state index in [0.717, 1.165) is 0 Å². The highest BCUT2D eigenvalue weighted by Gasteiger charge is 2.12. The summed E-state index contributed by atoms with van der Waals surface area (Å²) in [6, 6.07) is 7.67. The van der Waals surface area contributed by atoms with Crippen LogP contribution in [0.15, 0.2) is 41.3 Å². The van der Waals surface area contributed by atoms with Gasteiger partial charge < -0.3 is 15.2 Å². The molecule has 0 aliphatic heterocycles. The second-order valence-electron chi connectivity index (χ2n) is 5.83. The van der Waals surface area contributed by atoms with E-state index in [4.69, 9.17) is 11.6 Å². The summed E-state index contributed by atoms with van der Waals surface area (Å²) in [6.45, 7) is 5.96. The monoisotopic (exact) mass is 361 g/mol. The van der Waals surface area contributed by atoms with E-state index in [2.05, 4.69) is 10.6 Å². The number of hydrogen-bond acceptors (Lipinski definition) is 3. The number of aromatic nitrogens is 1. The largest absolute Gasteiger partial charge is 0.325 e. The Balaban J connectivity index is 2.13. The summed E-state index contributed by atoms with van der Waals surface area (Å²) >= 11 is 6.15. The predicted octanol–water partition coefficient (Wildman–Crippen LogP) is 3.37. The molecule has 0 fully saturated rings. The van der Waals surface area contributed by atoms with Crippen LogP contribution in [0.3, 0.4) is 0 Å². The van der Waals surface area contributed by atoms with Gasteiger partial charge in [-0.25, -0.2) is 0 Å². The molecule has 0 unspecified atom stereocenters. The lowest BCUT2D eigenvalue weighted by Gasteiger charge is -2.11. The van der Waals surface area contributed by atoms with Gasteiger partial charge in [-0.05, 0) is 31.2 Å². The van der Waals surface area contributed by atoms with Gasteiger partial charge in [-0.2, -0.15) is 0 Å². The van der Waals surface area contributed by atoms with Crippen LogP contribution in [0.25, 0.3) is 0 Å². The van der Waals surface area contributed by atoms with Gasteiger partial charge in [0.1, 0.15) is 0 Å². The van der Waals surface area contributed by atoms with E-state index in [1.54, 1.807) is 44.3 Å². The zero-order valence-electron chi connectivity index (χ0n) is 14.3. The molecule has 25 heavy (non-hydrogen) atoms. The third-order valence-corrected chi connectivity index (χ3v) is 3.92. The van der Waals surface area contributed by atoms with Crippen LogP contribution in [0.2, 0.25) is 5.02 Å². The predicted molar refractivity (Wildman–Crippen MR) is 99.2 cm³/mol. The number of amides is 2. The summed E-state index contributed by atoms with van der Waals surface area (Å²) in [5.74, 6) is -0.716. The summed E-state index contributed by atoms with van der Waals surface area (Å²) in [6.07, 6.45) is 1.58. The van der Waals surface area contributed by atoms with E-state index >= 15 is 0 Å². The van der Waals surface area contributed by atoms with E-state index in [9.17, 15) is 14.4 Å². The third-order valence-electron chi connectivity index (χ3n) is 3.61. The molecule has 2 N–H and O–H groups in total. The first-order valence-corrected chi connectivity index (χ1v) is 8.32. The molecule has 0 bridgehead atoms. The molecule has 0 aliphatic carbocycles. The minimum atomic E-state index is -0.407. The average molecular weight is 362 g/mol. The number of pyridine rings is 1. The first kappa shape index (κ1) is 18.7. The van der Waals surface area contributed by atoms with Crippen LogP contribution >= 0.6 is 11.6 Å². The Bertz CT molecular complexity index is 859. The molecule has 0 saturated carbocycles. The van der Waals surface area contributed by atoms with E-state index in [0.29, 0.717) is 22.9 Å². The molecule has 1 aromatic heterocycles. The van der Waals surface area contributed by atoms with Crippen LogP contribution in [0.1, 0.15) is 31.1 Å². The Morgan fingerprint density at radius 3 is 2.44 bits per heavy atom. The minimum Gasteiger partial charge on any atom is -0.325 e. The van der Waals surface area contributed by atoms with Crippen LogP contribution in [0, 0.1) is 5.92 Å². The normalized spacial score (nSPS) is 10.6. The van der Waals surface area contributed by atoms with Crippen LogP contribution in [0.4, 0.5) is 11.4 Å². The maximum atomic E-state index is 12.3. The number of hydrogen-bond donors (Lipinski definition) is 2. The number of anilines is 2. The molecule has 7 heteroatoms. The SMILES string of the molecule is CCn1ccc(C(=O)Nc2ccc(NC(=O)C(C)C)c(Cl)c2)cc1=O. The van der Waals surface area contributed by atoms with Crippen LogP contribution in [-0.2, 0) is 11.3 Å². The maximum Gasteiger partial charge on any atom is 0.255 e. The number of nitrogens with one attached hydrogen (secondary N) is 2. The van der Waals surface area contributed by atoms with Crippen molar-refractivity contribution in [1.82, 2.24) is 4.57 Å². The molecule has 2 amide bonds. The van der Waals surface area contributed by atoms with Crippen molar-refractivity contribution in [3.8, 4) is 0 Å². The van der Waals surface area contributed by atoms with E-state index in [-0.39, 0.29) is 22.9 Å². The minimum absolute atomic E-state index is 0.143. The molecule has 0 radical (unpaired) electrons. The quantitative estimate of drug-likeness (QED) is 0.856. The smallest absolute Gasteiger partial charge is 0.255 e. The Morgan fingerprint density at radius 1 is 1.16 bits per heavy atom. The molecule has 0 saturated heterocycles. The Labute approximate surface area is 150 Å². The summed E-state index contributed by atoms with van der Waals surface area (Å²) in [5, 5.41) is 5.71. The van der Waals surface area contributed by atoms with Crippen LogP contribution < -0.4 is 16.2 Å². The molecule has 132 valence electrons. The molecule has 1 aromatic carbocycles. The topological polar surface area (TPSA) is 80.2 Å². The lowest BCUT2D eigenvalue weighted by molar-refractivity contribution is -0.118. The van der Waals surface area contributed by atoms with Gasteiger partial charge in [-0.3, -0.25) is 14.4 Å². The zero-order chi connectivity index (χ0) is 18.6. The highest BCUT2D eigenvalue weighted by molar-refractivity contribution is 6.34. The fourth-order valence-corrected chi connectivity index (χ4v) is 2.31. The number of nitrogens with zero attached hydrogens (tertiary/aromatic N) is 1. The van der Waals surface area contributed by atoms with Gasteiger partial charge in [-0.1, -0.05) is 25.4 Å². The third kappa shape index (κ3) is 4.70. The number of rotatable bonds is 5. The van der Waals surface area contributed by atoms with Gasteiger partial charge in [0.15, 0.2) is 0 Å². The second kappa shape index (κ2) is 7.98.